The van der Waals surface area contributed by atoms with E-state index in [1.807, 2.05) is 13.8 Å². The Kier molecular flexibility index (Phi) is 3.17. The first-order valence-corrected chi connectivity index (χ1v) is 4.98. The molecule has 84 valence electrons. The van der Waals surface area contributed by atoms with Gasteiger partial charge in [-0.05, 0) is 11.8 Å². The van der Waals surface area contributed by atoms with Crippen LogP contribution >= 0.6 is 0 Å². The third-order valence-electron chi connectivity index (χ3n) is 2.56. The van der Waals surface area contributed by atoms with Gasteiger partial charge in [0.05, 0.1) is 5.76 Å². The second kappa shape index (κ2) is 4.04. The highest BCUT2D eigenvalue weighted by molar-refractivity contribution is 5.97. The Balaban J connectivity index is 2.78. The van der Waals surface area contributed by atoms with Crippen LogP contribution in [0.1, 0.15) is 39.5 Å². The fourth-order valence-corrected chi connectivity index (χ4v) is 1.84. The van der Waals surface area contributed by atoms with E-state index in [1.54, 1.807) is 0 Å². The van der Waals surface area contributed by atoms with Crippen LogP contribution in [0.15, 0.2) is 11.3 Å². The van der Waals surface area contributed by atoms with Gasteiger partial charge in [0.2, 0.25) is 0 Å². The van der Waals surface area contributed by atoms with Crippen molar-refractivity contribution in [1.29, 1.82) is 0 Å². The molecule has 1 aliphatic carbocycles. The number of carbonyl (C=O) groups excluding carboxylic acids is 1. The molecule has 0 bridgehead atoms. The van der Waals surface area contributed by atoms with E-state index in [4.69, 9.17) is 5.11 Å². The predicted octanol–water partition coefficient (Wildman–Crippen LogP) is 2.05. The third-order valence-corrected chi connectivity index (χ3v) is 2.56. The molecule has 4 heteroatoms. The van der Waals surface area contributed by atoms with Crippen LogP contribution < -0.4 is 0 Å². The number of hydrogen-bond acceptors (Lipinski definition) is 3. The van der Waals surface area contributed by atoms with Crippen LogP contribution in [0.5, 0.6) is 0 Å². The summed E-state index contributed by atoms with van der Waals surface area (Å²) < 4.78 is 0. The SMILES string of the molecule is CC1(C)CC(=O)C(CCC(=O)O)=C(O)C1. The van der Waals surface area contributed by atoms with Crippen LogP contribution in [0.3, 0.4) is 0 Å². The van der Waals surface area contributed by atoms with Crippen LogP contribution in [0.2, 0.25) is 0 Å². The maximum absolute atomic E-state index is 11.6. The molecule has 0 aromatic heterocycles. The van der Waals surface area contributed by atoms with Crippen molar-refractivity contribution in [3.63, 3.8) is 0 Å². The van der Waals surface area contributed by atoms with Gasteiger partial charge in [0.15, 0.2) is 5.78 Å². The van der Waals surface area contributed by atoms with Gasteiger partial charge in [-0.3, -0.25) is 9.59 Å². The number of hydrogen-bond donors (Lipinski definition) is 2. The molecule has 0 fully saturated rings. The van der Waals surface area contributed by atoms with Crippen molar-refractivity contribution in [2.24, 2.45) is 5.41 Å². The Morgan fingerprint density at radius 1 is 1.40 bits per heavy atom. The molecule has 0 aromatic carbocycles. The first-order chi connectivity index (χ1) is 6.82. The van der Waals surface area contributed by atoms with Gasteiger partial charge in [-0.1, -0.05) is 13.8 Å². The van der Waals surface area contributed by atoms with Crippen molar-refractivity contribution in [2.45, 2.75) is 39.5 Å². The maximum atomic E-state index is 11.6. The molecule has 4 nitrogen and oxygen atoms in total. The van der Waals surface area contributed by atoms with Gasteiger partial charge in [0.1, 0.15) is 0 Å². The highest BCUT2D eigenvalue weighted by Crippen LogP contribution is 2.36. The molecule has 0 unspecified atom stereocenters. The zero-order valence-electron chi connectivity index (χ0n) is 9.04. The van der Waals surface area contributed by atoms with Gasteiger partial charge < -0.3 is 10.2 Å². The van der Waals surface area contributed by atoms with Gasteiger partial charge in [0, 0.05) is 24.8 Å². The van der Waals surface area contributed by atoms with Crippen molar-refractivity contribution < 1.29 is 19.8 Å². The van der Waals surface area contributed by atoms with Crippen LogP contribution in [-0.4, -0.2) is 22.0 Å². The number of ketones is 1. The summed E-state index contributed by atoms with van der Waals surface area (Å²) in [5.41, 5.74) is 0.0881. The number of aliphatic hydroxyl groups is 1. The molecular formula is C11H16O4. The summed E-state index contributed by atoms with van der Waals surface area (Å²) in [7, 11) is 0. The minimum absolute atomic E-state index is 0.0671. The Bertz CT molecular complexity index is 325. The molecule has 0 radical (unpaired) electrons. The second-order valence-electron chi connectivity index (χ2n) is 4.76. The largest absolute Gasteiger partial charge is 0.512 e. The number of aliphatic carboxylic acids is 1. The molecule has 2 N–H and O–H groups in total. The minimum Gasteiger partial charge on any atom is -0.512 e. The summed E-state index contributed by atoms with van der Waals surface area (Å²) in [5.74, 6) is -1.00. The number of rotatable bonds is 3. The second-order valence-corrected chi connectivity index (χ2v) is 4.76. The Hall–Kier alpha value is -1.32. The molecule has 0 aromatic rings. The Morgan fingerprint density at radius 2 is 2.00 bits per heavy atom. The van der Waals surface area contributed by atoms with Crippen molar-refractivity contribution in [3.8, 4) is 0 Å². The van der Waals surface area contributed by atoms with Gasteiger partial charge in [-0.25, -0.2) is 0 Å². The Labute approximate surface area is 88.6 Å². The topological polar surface area (TPSA) is 74.6 Å². The smallest absolute Gasteiger partial charge is 0.303 e. The van der Waals surface area contributed by atoms with Crippen molar-refractivity contribution >= 4 is 11.8 Å². The molecule has 0 saturated carbocycles. The molecule has 0 aliphatic heterocycles. The maximum Gasteiger partial charge on any atom is 0.303 e. The van der Waals surface area contributed by atoms with Crippen molar-refractivity contribution in [2.75, 3.05) is 0 Å². The molecule has 0 spiro atoms. The van der Waals surface area contributed by atoms with Crippen molar-refractivity contribution in [3.05, 3.63) is 11.3 Å². The van der Waals surface area contributed by atoms with E-state index in [9.17, 15) is 14.7 Å². The highest BCUT2D eigenvalue weighted by atomic mass is 16.4. The summed E-state index contributed by atoms with van der Waals surface area (Å²) in [4.78, 5) is 22.0. The zero-order chi connectivity index (χ0) is 11.6. The number of carboxylic acids is 1. The molecule has 0 atom stereocenters. The lowest BCUT2D eigenvalue weighted by Gasteiger charge is -2.29. The van der Waals surface area contributed by atoms with E-state index in [2.05, 4.69) is 0 Å². The molecular weight excluding hydrogens is 196 g/mol. The number of carboxylic acid groups (broad SMARTS) is 1. The number of carbonyl (C=O) groups is 2. The lowest BCUT2D eigenvalue weighted by molar-refractivity contribution is -0.136. The van der Waals surface area contributed by atoms with Gasteiger partial charge in [-0.2, -0.15) is 0 Å². The monoisotopic (exact) mass is 212 g/mol. The van der Waals surface area contributed by atoms with Gasteiger partial charge in [0.25, 0.3) is 0 Å². The first-order valence-electron chi connectivity index (χ1n) is 4.98. The molecule has 0 amide bonds. The van der Waals surface area contributed by atoms with E-state index >= 15 is 0 Å². The van der Waals surface area contributed by atoms with E-state index < -0.39 is 5.97 Å². The van der Waals surface area contributed by atoms with E-state index in [-0.39, 0.29) is 29.8 Å². The molecule has 15 heavy (non-hydrogen) atoms. The summed E-state index contributed by atoms with van der Waals surface area (Å²) in [5, 5.41) is 18.2. The lowest BCUT2D eigenvalue weighted by atomic mass is 9.76. The van der Waals surface area contributed by atoms with Crippen LogP contribution in [0.25, 0.3) is 0 Å². The van der Waals surface area contributed by atoms with Crippen LogP contribution in [0.4, 0.5) is 0 Å². The van der Waals surface area contributed by atoms with Crippen LogP contribution in [0, 0.1) is 5.41 Å². The zero-order valence-corrected chi connectivity index (χ0v) is 9.04. The van der Waals surface area contributed by atoms with Gasteiger partial charge >= 0.3 is 5.97 Å². The summed E-state index contributed by atoms with van der Waals surface area (Å²) in [6, 6.07) is 0. The minimum atomic E-state index is -0.951. The Morgan fingerprint density at radius 3 is 2.47 bits per heavy atom. The molecule has 0 saturated heterocycles. The molecule has 1 aliphatic rings. The fraction of sp³-hybridized carbons (Fsp3) is 0.636. The summed E-state index contributed by atoms with van der Waals surface area (Å²) >= 11 is 0. The predicted molar refractivity (Wildman–Crippen MR) is 54.5 cm³/mol. The number of Topliss-reactive ketones (excluding diaryl/α,β-unsaturated/α-hetero) is 1. The standard InChI is InChI=1S/C11H16O4/c1-11(2)5-8(12)7(9(13)6-11)3-4-10(14)15/h12H,3-6H2,1-2H3,(H,14,15). The quantitative estimate of drug-likeness (QED) is 0.750. The summed E-state index contributed by atoms with van der Waals surface area (Å²) in [6.45, 7) is 3.82. The average Bonchev–Trinajstić information content (AvgIpc) is 1.98. The lowest BCUT2D eigenvalue weighted by Crippen LogP contribution is -2.26. The van der Waals surface area contributed by atoms with E-state index in [1.165, 1.54) is 0 Å². The summed E-state index contributed by atoms with van der Waals surface area (Å²) in [6.07, 6.45) is 0.862. The van der Waals surface area contributed by atoms with Gasteiger partial charge in [-0.15, -0.1) is 0 Å². The normalized spacial score (nSPS) is 20.5. The van der Waals surface area contributed by atoms with E-state index in [0.29, 0.717) is 18.4 Å². The highest BCUT2D eigenvalue weighted by Gasteiger charge is 2.32. The van der Waals surface area contributed by atoms with Crippen LogP contribution in [-0.2, 0) is 9.59 Å². The van der Waals surface area contributed by atoms with E-state index in [0.717, 1.165) is 0 Å². The first kappa shape index (κ1) is 11.8. The van der Waals surface area contributed by atoms with Crippen molar-refractivity contribution in [1.82, 2.24) is 0 Å². The number of aliphatic hydroxyl groups excluding tert-OH is 1. The molecule has 0 heterocycles. The fourth-order valence-electron chi connectivity index (χ4n) is 1.84. The average molecular weight is 212 g/mol. The number of allylic oxidation sites excluding steroid dienone is 2. The molecule has 1 rings (SSSR count). The third kappa shape index (κ3) is 3.08.